The van der Waals surface area contributed by atoms with Crippen LogP contribution in [0.2, 0.25) is 0 Å². The Kier molecular flexibility index (Phi) is 3.72. The third-order valence-electron chi connectivity index (χ3n) is 3.45. The smallest absolute Gasteiger partial charge is 0.119 e. The molecule has 0 bridgehead atoms. The van der Waals surface area contributed by atoms with Crippen molar-refractivity contribution in [2.45, 2.75) is 12.5 Å². The van der Waals surface area contributed by atoms with E-state index in [9.17, 15) is 5.11 Å². The maximum Gasteiger partial charge on any atom is 0.119 e. The second kappa shape index (κ2) is 5.65. The molecular formula is C17H16O2S. The molecule has 2 aromatic carbocycles. The summed E-state index contributed by atoms with van der Waals surface area (Å²) >= 11 is 1.72. The van der Waals surface area contributed by atoms with Crippen LogP contribution in [0.4, 0.5) is 0 Å². The first-order valence-electron chi connectivity index (χ1n) is 6.55. The second-order valence-corrected chi connectivity index (χ2v) is 5.66. The molecule has 2 nitrogen and oxygen atoms in total. The third kappa shape index (κ3) is 2.55. The van der Waals surface area contributed by atoms with Gasteiger partial charge in [0.2, 0.25) is 0 Å². The molecular weight excluding hydrogens is 268 g/mol. The molecule has 0 aliphatic carbocycles. The number of aliphatic hydroxyl groups excluding tert-OH is 1. The van der Waals surface area contributed by atoms with Gasteiger partial charge in [0.25, 0.3) is 0 Å². The third-order valence-corrected chi connectivity index (χ3v) is 4.47. The van der Waals surface area contributed by atoms with Crippen LogP contribution in [0.1, 0.15) is 17.2 Å². The number of thiophene rings is 1. The van der Waals surface area contributed by atoms with Crippen molar-refractivity contribution in [2.75, 3.05) is 7.11 Å². The number of hydrogen-bond acceptors (Lipinski definition) is 3. The second-order valence-electron chi connectivity index (χ2n) is 4.75. The molecule has 102 valence electrons. The predicted octanol–water partition coefficient (Wildman–Crippen LogP) is 4.19. The van der Waals surface area contributed by atoms with Crippen LogP contribution < -0.4 is 4.74 Å². The van der Waals surface area contributed by atoms with E-state index in [0.717, 1.165) is 11.3 Å². The summed E-state index contributed by atoms with van der Waals surface area (Å²) in [5.41, 5.74) is 2.08. The minimum Gasteiger partial charge on any atom is -0.497 e. The fourth-order valence-electron chi connectivity index (χ4n) is 2.37. The summed E-state index contributed by atoms with van der Waals surface area (Å²) in [6, 6.07) is 15.9. The molecule has 0 saturated carbocycles. The lowest BCUT2D eigenvalue weighted by atomic mass is 10.0. The standard InChI is InChI=1S/C17H16O2S/c1-19-14-6-4-5-12(9-14)16(18)10-13-11-20-17-8-3-2-7-15(13)17/h2-9,11,16,18H,10H2,1H3. The number of methoxy groups -OCH3 is 1. The van der Waals surface area contributed by atoms with E-state index >= 15 is 0 Å². The van der Waals surface area contributed by atoms with Crippen molar-refractivity contribution in [1.82, 2.24) is 0 Å². The van der Waals surface area contributed by atoms with Gasteiger partial charge in [-0.2, -0.15) is 0 Å². The minimum absolute atomic E-state index is 0.511. The molecule has 1 aromatic heterocycles. The van der Waals surface area contributed by atoms with E-state index in [1.807, 2.05) is 36.4 Å². The molecule has 1 unspecified atom stereocenters. The first-order chi connectivity index (χ1) is 9.78. The number of rotatable bonds is 4. The van der Waals surface area contributed by atoms with Crippen molar-refractivity contribution < 1.29 is 9.84 Å². The van der Waals surface area contributed by atoms with Crippen molar-refractivity contribution in [3.05, 3.63) is 65.0 Å². The predicted molar refractivity (Wildman–Crippen MR) is 83.5 cm³/mol. The zero-order chi connectivity index (χ0) is 13.9. The van der Waals surface area contributed by atoms with Gasteiger partial charge in [0.15, 0.2) is 0 Å². The first kappa shape index (κ1) is 13.2. The highest BCUT2D eigenvalue weighted by atomic mass is 32.1. The molecule has 0 radical (unpaired) electrons. The highest BCUT2D eigenvalue weighted by Gasteiger charge is 2.12. The van der Waals surface area contributed by atoms with Crippen LogP contribution in [0, 0.1) is 0 Å². The number of benzene rings is 2. The summed E-state index contributed by atoms with van der Waals surface area (Å²) in [6.45, 7) is 0. The van der Waals surface area contributed by atoms with Gasteiger partial charge in [0.05, 0.1) is 13.2 Å². The van der Waals surface area contributed by atoms with E-state index in [4.69, 9.17) is 4.74 Å². The lowest BCUT2D eigenvalue weighted by molar-refractivity contribution is 0.178. The Hall–Kier alpha value is -1.84. The average molecular weight is 284 g/mol. The van der Waals surface area contributed by atoms with E-state index in [1.54, 1.807) is 18.4 Å². The molecule has 3 rings (SSSR count). The summed E-state index contributed by atoms with van der Waals surface area (Å²) in [7, 11) is 1.64. The van der Waals surface area contributed by atoms with Gasteiger partial charge in [-0.25, -0.2) is 0 Å². The van der Waals surface area contributed by atoms with Gasteiger partial charge in [-0.15, -0.1) is 11.3 Å². The molecule has 1 N–H and O–H groups in total. The van der Waals surface area contributed by atoms with Gasteiger partial charge in [-0.3, -0.25) is 0 Å². The Labute approximate surface area is 122 Å². The topological polar surface area (TPSA) is 29.5 Å². The van der Waals surface area contributed by atoms with Crippen LogP contribution in [-0.4, -0.2) is 12.2 Å². The van der Waals surface area contributed by atoms with E-state index in [-0.39, 0.29) is 0 Å². The zero-order valence-corrected chi connectivity index (χ0v) is 12.1. The first-order valence-corrected chi connectivity index (χ1v) is 7.43. The van der Waals surface area contributed by atoms with Crippen molar-refractivity contribution in [3.63, 3.8) is 0 Å². The van der Waals surface area contributed by atoms with E-state index in [2.05, 4.69) is 17.5 Å². The molecule has 0 fully saturated rings. The van der Waals surface area contributed by atoms with E-state index in [0.29, 0.717) is 6.42 Å². The Morgan fingerprint density at radius 1 is 1.15 bits per heavy atom. The Balaban J connectivity index is 1.86. The van der Waals surface area contributed by atoms with Gasteiger partial charge in [0, 0.05) is 11.1 Å². The Morgan fingerprint density at radius 3 is 2.85 bits per heavy atom. The van der Waals surface area contributed by atoms with Crippen LogP contribution in [-0.2, 0) is 6.42 Å². The van der Waals surface area contributed by atoms with Gasteiger partial charge in [-0.1, -0.05) is 30.3 Å². The van der Waals surface area contributed by atoms with Crippen LogP contribution >= 0.6 is 11.3 Å². The Morgan fingerprint density at radius 2 is 2.00 bits per heavy atom. The van der Waals surface area contributed by atoms with Crippen LogP contribution in [0.3, 0.4) is 0 Å². The van der Waals surface area contributed by atoms with Crippen molar-refractivity contribution in [1.29, 1.82) is 0 Å². The highest BCUT2D eigenvalue weighted by Crippen LogP contribution is 2.30. The van der Waals surface area contributed by atoms with Crippen LogP contribution in [0.15, 0.2) is 53.9 Å². The van der Waals surface area contributed by atoms with Gasteiger partial charge >= 0.3 is 0 Å². The van der Waals surface area contributed by atoms with Gasteiger partial charge in [-0.05, 0) is 40.1 Å². The van der Waals surface area contributed by atoms with E-state index < -0.39 is 6.10 Å². The van der Waals surface area contributed by atoms with Crippen molar-refractivity contribution in [2.24, 2.45) is 0 Å². The summed E-state index contributed by atoms with van der Waals surface area (Å²) in [6.07, 6.45) is 0.111. The van der Waals surface area contributed by atoms with Crippen molar-refractivity contribution >= 4 is 21.4 Å². The van der Waals surface area contributed by atoms with Gasteiger partial charge in [0.1, 0.15) is 5.75 Å². The van der Waals surface area contributed by atoms with Crippen LogP contribution in [0.5, 0.6) is 5.75 Å². The average Bonchev–Trinajstić information content (AvgIpc) is 2.90. The Bertz CT molecular complexity index is 718. The summed E-state index contributed by atoms with van der Waals surface area (Å²) in [5, 5.41) is 13.8. The molecule has 0 aliphatic heterocycles. The lowest BCUT2D eigenvalue weighted by Crippen LogP contribution is -2.01. The molecule has 3 aromatic rings. The molecule has 0 saturated heterocycles. The SMILES string of the molecule is COc1cccc(C(O)Cc2csc3ccccc23)c1. The summed E-state index contributed by atoms with van der Waals surface area (Å²) < 4.78 is 6.47. The van der Waals surface area contributed by atoms with E-state index in [1.165, 1.54) is 15.6 Å². The normalized spacial score (nSPS) is 12.5. The highest BCUT2D eigenvalue weighted by molar-refractivity contribution is 7.17. The largest absolute Gasteiger partial charge is 0.497 e. The number of fused-ring (bicyclic) bond motifs is 1. The summed E-state index contributed by atoms with van der Waals surface area (Å²) in [4.78, 5) is 0. The minimum atomic E-state index is -0.511. The maximum absolute atomic E-state index is 10.4. The summed E-state index contributed by atoms with van der Waals surface area (Å²) in [5.74, 6) is 0.775. The number of aliphatic hydroxyl groups is 1. The lowest BCUT2D eigenvalue weighted by Gasteiger charge is -2.11. The van der Waals surface area contributed by atoms with Crippen LogP contribution in [0.25, 0.3) is 10.1 Å². The molecule has 0 spiro atoms. The maximum atomic E-state index is 10.4. The molecule has 1 atom stereocenters. The quantitative estimate of drug-likeness (QED) is 0.778. The van der Waals surface area contributed by atoms with Gasteiger partial charge < -0.3 is 9.84 Å². The fourth-order valence-corrected chi connectivity index (χ4v) is 3.34. The number of hydrogen-bond donors (Lipinski definition) is 1. The molecule has 1 heterocycles. The molecule has 0 amide bonds. The fraction of sp³-hybridized carbons (Fsp3) is 0.176. The monoisotopic (exact) mass is 284 g/mol. The molecule has 3 heteroatoms. The number of ether oxygens (including phenoxy) is 1. The zero-order valence-electron chi connectivity index (χ0n) is 11.2. The van der Waals surface area contributed by atoms with Crippen molar-refractivity contribution in [3.8, 4) is 5.75 Å². The molecule has 0 aliphatic rings. The molecule has 20 heavy (non-hydrogen) atoms.